The average molecular weight is 339 g/mol. The number of nitrogens with two attached hydrogens (primary N) is 1. The number of terminal acetylenes is 1. The summed E-state index contributed by atoms with van der Waals surface area (Å²) >= 11 is 0. The van der Waals surface area contributed by atoms with E-state index in [0.29, 0.717) is 19.6 Å². The Bertz CT molecular complexity index is 770. The topological polar surface area (TPSA) is 122 Å². The van der Waals surface area contributed by atoms with Crippen LogP contribution in [0.25, 0.3) is 0 Å². The molecule has 0 saturated carbocycles. The summed E-state index contributed by atoms with van der Waals surface area (Å²) in [6.07, 6.45) is 7.51. The number of hydrogen-bond donors (Lipinski definition) is 2. The second-order valence-corrected chi connectivity index (χ2v) is 4.88. The molecule has 128 valence electrons. The van der Waals surface area contributed by atoms with Crippen LogP contribution in [0.1, 0.15) is 32.7 Å². The van der Waals surface area contributed by atoms with Crippen molar-refractivity contribution in [2.45, 2.75) is 6.42 Å². The first-order valence-electron chi connectivity index (χ1n) is 7.34. The van der Waals surface area contributed by atoms with Gasteiger partial charge in [0.25, 0.3) is 5.91 Å². The van der Waals surface area contributed by atoms with Gasteiger partial charge in [-0.2, -0.15) is 5.26 Å². The Labute approximate surface area is 145 Å². The van der Waals surface area contributed by atoms with Gasteiger partial charge in [-0.25, -0.2) is 0 Å². The van der Waals surface area contributed by atoms with Crippen LogP contribution in [0, 0.1) is 23.7 Å². The molecule has 0 aliphatic carbocycles. The molecule has 1 rings (SSSR count). The Kier molecular flexibility index (Phi) is 8.14. The van der Waals surface area contributed by atoms with Crippen LogP contribution < -0.4 is 11.1 Å². The zero-order valence-electron chi connectivity index (χ0n) is 13.5. The number of carbonyl (C=O) groups is 3. The van der Waals surface area contributed by atoms with Gasteiger partial charge < -0.3 is 15.8 Å². The molecule has 0 radical (unpaired) electrons. The predicted molar refractivity (Wildman–Crippen MR) is 90.4 cm³/mol. The molecule has 25 heavy (non-hydrogen) atoms. The molecule has 0 fully saturated rings. The van der Waals surface area contributed by atoms with Crippen LogP contribution in [0.3, 0.4) is 0 Å². The molecule has 7 heteroatoms. The van der Waals surface area contributed by atoms with Gasteiger partial charge in [-0.3, -0.25) is 14.4 Å². The SMILES string of the molecule is C#CCOCCCNC(=O)c1cc(C#N)cc(C(=O)/C=C/C(N)=O)c1. The Hall–Kier alpha value is -3.42. The fourth-order valence-electron chi connectivity index (χ4n) is 1.83. The van der Waals surface area contributed by atoms with Gasteiger partial charge in [0.1, 0.15) is 6.61 Å². The van der Waals surface area contributed by atoms with Crippen molar-refractivity contribution in [3.63, 3.8) is 0 Å². The first-order valence-corrected chi connectivity index (χ1v) is 7.34. The van der Waals surface area contributed by atoms with Crippen molar-refractivity contribution >= 4 is 17.6 Å². The van der Waals surface area contributed by atoms with Gasteiger partial charge in [0, 0.05) is 30.4 Å². The number of ketones is 1. The van der Waals surface area contributed by atoms with Crippen LogP contribution in [0.4, 0.5) is 0 Å². The number of benzene rings is 1. The summed E-state index contributed by atoms with van der Waals surface area (Å²) in [7, 11) is 0. The molecular weight excluding hydrogens is 322 g/mol. The lowest BCUT2D eigenvalue weighted by atomic mass is 10.0. The number of amides is 2. The summed E-state index contributed by atoms with van der Waals surface area (Å²) in [6.45, 7) is 0.970. The van der Waals surface area contributed by atoms with Crippen molar-refractivity contribution in [2.24, 2.45) is 5.73 Å². The fraction of sp³-hybridized carbons (Fsp3) is 0.222. The molecular formula is C18H17N3O4. The van der Waals surface area contributed by atoms with Crippen molar-refractivity contribution in [1.82, 2.24) is 5.32 Å². The van der Waals surface area contributed by atoms with E-state index in [9.17, 15) is 14.4 Å². The van der Waals surface area contributed by atoms with Gasteiger partial charge in [0.2, 0.25) is 5.91 Å². The van der Waals surface area contributed by atoms with E-state index in [0.717, 1.165) is 12.2 Å². The third kappa shape index (κ3) is 7.12. The largest absolute Gasteiger partial charge is 0.369 e. The Morgan fingerprint density at radius 2 is 1.96 bits per heavy atom. The molecule has 7 nitrogen and oxygen atoms in total. The maximum absolute atomic E-state index is 12.1. The van der Waals surface area contributed by atoms with E-state index in [2.05, 4.69) is 11.2 Å². The highest BCUT2D eigenvalue weighted by atomic mass is 16.5. The van der Waals surface area contributed by atoms with Gasteiger partial charge >= 0.3 is 0 Å². The first kappa shape index (κ1) is 19.6. The van der Waals surface area contributed by atoms with Gasteiger partial charge in [-0.05, 0) is 30.7 Å². The van der Waals surface area contributed by atoms with Crippen molar-refractivity contribution in [3.8, 4) is 18.4 Å². The van der Waals surface area contributed by atoms with Crippen LogP contribution in [-0.4, -0.2) is 37.4 Å². The third-order valence-corrected chi connectivity index (χ3v) is 2.94. The highest BCUT2D eigenvalue weighted by Crippen LogP contribution is 2.11. The molecule has 1 aromatic rings. The van der Waals surface area contributed by atoms with Crippen molar-refractivity contribution in [3.05, 3.63) is 47.0 Å². The summed E-state index contributed by atoms with van der Waals surface area (Å²) in [5, 5.41) is 11.7. The zero-order valence-corrected chi connectivity index (χ0v) is 13.5. The number of nitriles is 1. The van der Waals surface area contributed by atoms with Crippen molar-refractivity contribution < 1.29 is 19.1 Å². The Balaban J connectivity index is 2.79. The smallest absolute Gasteiger partial charge is 0.251 e. The average Bonchev–Trinajstić information content (AvgIpc) is 2.61. The van der Waals surface area contributed by atoms with E-state index in [-0.39, 0.29) is 23.3 Å². The van der Waals surface area contributed by atoms with Gasteiger partial charge in [-0.15, -0.1) is 6.42 Å². The van der Waals surface area contributed by atoms with E-state index in [1.807, 2.05) is 6.07 Å². The number of primary amides is 1. The maximum Gasteiger partial charge on any atom is 0.251 e. The lowest BCUT2D eigenvalue weighted by molar-refractivity contribution is -0.113. The molecule has 2 amide bonds. The second-order valence-electron chi connectivity index (χ2n) is 4.88. The van der Waals surface area contributed by atoms with E-state index in [1.165, 1.54) is 18.2 Å². The number of nitrogens with zero attached hydrogens (tertiary/aromatic N) is 1. The number of nitrogens with one attached hydrogen (secondary N) is 1. The van der Waals surface area contributed by atoms with E-state index < -0.39 is 17.6 Å². The standard InChI is InChI=1S/C18H17N3O4/c1-2-7-25-8-3-6-21-18(24)15-10-13(12-19)9-14(11-15)16(22)4-5-17(20)23/h1,4-5,9-11H,3,6-8H2,(H2,20,23)(H,21,24)/b5-4+. The Morgan fingerprint density at radius 3 is 2.60 bits per heavy atom. The van der Waals surface area contributed by atoms with Crippen molar-refractivity contribution in [1.29, 1.82) is 5.26 Å². The fourth-order valence-corrected chi connectivity index (χ4v) is 1.83. The number of hydrogen-bond acceptors (Lipinski definition) is 5. The number of rotatable bonds is 9. The number of allylic oxidation sites excluding steroid dienone is 1. The summed E-state index contributed by atoms with van der Waals surface area (Å²) < 4.78 is 5.08. The minimum absolute atomic E-state index is 0.110. The normalized spacial score (nSPS) is 10.0. The summed E-state index contributed by atoms with van der Waals surface area (Å²) in [5.74, 6) is 0.601. The highest BCUT2D eigenvalue weighted by molar-refractivity contribution is 6.09. The minimum atomic E-state index is -0.769. The molecule has 1 aromatic carbocycles. The number of carbonyl (C=O) groups excluding carboxylic acids is 3. The first-order chi connectivity index (χ1) is 12.0. The molecule has 3 N–H and O–H groups in total. The molecule has 0 unspecified atom stereocenters. The minimum Gasteiger partial charge on any atom is -0.369 e. The van der Waals surface area contributed by atoms with E-state index in [1.54, 1.807) is 0 Å². The molecule has 0 saturated heterocycles. The van der Waals surface area contributed by atoms with Crippen LogP contribution in [0.5, 0.6) is 0 Å². The quantitative estimate of drug-likeness (QED) is 0.294. The molecule has 0 aliphatic heterocycles. The van der Waals surface area contributed by atoms with Crippen LogP contribution >= 0.6 is 0 Å². The van der Waals surface area contributed by atoms with Gasteiger partial charge in [0.15, 0.2) is 5.78 Å². The molecule has 0 heterocycles. The summed E-state index contributed by atoms with van der Waals surface area (Å²) in [6, 6.07) is 5.94. The van der Waals surface area contributed by atoms with Gasteiger partial charge in [0.05, 0.1) is 11.6 Å². The van der Waals surface area contributed by atoms with E-state index in [4.69, 9.17) is 22.2 Å². The third-order valence-electron chi connectivity index (χ3n) is 2.94. The summed E-state index contributed by atoms with van der Waals surface area (Å²) in [5.41, 5.74) is 5.37. The van der Waals surface area contributed by atoms with Crippen LogP contribution in [0.15, 0.2) is 30.4 Å². The zero-order chi connectivity index (χ0) is 18.7. The lowest BCUT2D eigenvalue weighted by Gasteiger charge is -2.07. The highest BCUT2D eigenvalue weighted by Gasteiger charge is 2.12. The van der Waals surface area contributed by atoms with Crippen molar-refractivity contribution in [2.75, 3.05) is 19.8 Å². The summed E-state index contributed by atoms with van der Waals surface area (Å²) in [4.78, 5) is 34.8. The second kappa shape index (κ2) is 10.4. The van der Waals surface area contributed by atoms with Crippen LogP contribution in [-0.2, 0) is 9.53 Å². The number of ether oxygens (including phenoxy) is 1. The van der Waals surface area contributed by atoms with Gasteiger partial charge in [-0.1, -0.05) is 5.92 Å². The van der Waals surface area contributed by atoms with Crippen LogP contribution in [0.2, 0.25) is 0 Å². The molecule has 0 aromatic heterocycles. The lowest BCUT2D eigenvalue weighted by Crippen LogP contribution is -2.25. The monoisotopic (exact) mass is 339 g/mol. The molecule has 0 bridgehead atoms. The Morgan fingerprint density at radius 1 is 1.24 bits per heavy atom. The predicted octanol–water partition coefficient (Wildman–Crippen LogP) is 0.552. The molecule has 0 spiro atoms. The maximum atomic E-state index is 12.1. The molecule has 0 aliphatic rings. The van der Waals surface area contributed by atoms with E-state index >= 15 is 0 Å². The molecule has 0 atom stereocenters.